The summed E-state index contributed by atoms with van der Waals surface area (Å²) in [6, 6.07) is 3.84. The van der Waals surface area contributed by atoms with E-state index < -0.39 is 28.9 Å². The molecule has 0 saturated heterocycles. The normalized spacial score (nSPS) is 11.2. The molecule has 0 fully saturated rings. The molecule has 1 aromatic carbocycles. The van der Waals surface area contributed by atoms with Gasteiger partial charge in [-0.3, -0.25) is 10.1 Å². The van der Waals surface area contributed by atoms with E-state index in [1.165, 1.54) is 19.1 Å². The Morgan fingerprint density at radius 1 is 1.53 bits per heavy atom. The molecule has 0 bridgehead atoms. The zero-order valence-corrected chi connectivity index (χ0v) is 8.81. The molecule has 1 aromatic rings. The summed E-state index contributed by atoms with van der Waals surface area (Å²) < 4.78 is 26.1. The van der Waals surface area contributed by atoms with Crippen molar-refractivity contribution in [2.45, 2.75) is 19.3 Å². The van der Waals surface area contributed by atoms with Crippen molar-refractivity contribution in [1.82, 2.24) is 0 Å². The predicted molar refractivity (Wildman–Crippen MR) is 54.1 cm³/mol. The zero-order chi connectivity index (χ0) is 13.2. The molecule has 0 aliphatic heterocycles. The maximum atomic E-state index is 13.0. The van der Waals surface area contributed by atoms with Gasteiger partial charge in [-0.1, -0.05) is 12.1 Å². The average Bonchev–Trinajstić information content (AvgIpc) is 2.20. The first-order chi connectivity index (χ1) is 7.75. The fraction of sp³-hybridized carbons (Fsp3) is 0.300. The van der Waals surface area contributed by atoms with Gasteiger partial charge in [-0.25, -0.2) is 4.79 Å². The molecule has 0 atom stereocenters. The fourth-order valence-corrected chi connectivity index (χ4v) is 1.39. The second-order valence-electron chi connectivity index (χ2n) is 3.52. The van der Waals surface area contributed by atoms with Gasteiger partial charge in [-0.2, -0.15) is 8.78 Å². The van der Waals surface area contributed by atoms with Crippen LogP contribution in [0.1, 0.15) is 11.1 Å². The molecule has 0 heterocycles. The number of hydrogen-bond donors (Lipinski definition) is 1. The van der Waals surface area contributed by atoms with Gasteiger partial charge in [0.1, 0.15) is 0 Å². The lowest BCUT2D eigenvalue weighted by molar-refractivity contribution is -0.385. The third kappa shape index (κ3) is 2.74. The van der Waals surface area contributed by atoms with Crippen molar-refractivity contribution in [3.05, 3.63) is 39.4 Å². The van der Waals surface area contributed by atoms with Crippen molar-refractivity contribution in [3.63, 3.8) is 0 Å². The molecule has 0 aliphatic carbocycles. The van der Waals surface area contributed by atoms with E-state index in [9.17, 15) is 23.7 Å². The number of aryl methyl sites for hydroxylation is 1. The predicted octanol–water partition coefficient (Wildman–Crippen LogP) is 2.17. The Kier molecular flexibility index (Phi) is 3.40. The molecule has 0 radical (unpaired) electrons. The third-order valence-electron chi connectivity index (χ3n) is 2.29. The van der Waals surface area contributed by atoms with Crippen LogP contribution in [0.3, 0.4) is 0 Å². The second kappa shape index (κ2) is 4.44. The molecule has 0 amide bonds. The van der Waals surface area contributed by atoms with Crippen molar-refractivity contribution >= 4 is 11.7 Å². The highest BCUT2D eigenvalue weighted by Gasteiger charge is 2.41. The molecular formula is C10H9F2NO4. The van der Waals surface area contributed by atoms with E-state index in [0.29, 0.717) is 0 Å². The minimum atomic E-state index is -4.02. The Morgan fingerprint density at radius 2 is 2.12 bits per heavy atom. The average molecular weight is 245 g/mol. The van der Waals surface area contributed by atoms with E-state index in [1.54, 1.807) is 0 Å². The van der Waals surface area contributed by atoms with Crippen LogP contribution in [0.25, 0.3) is 0 Å². The van der Waals surface area contributed by atoms with Gasteiger partial charge in [0, 0.05) is 11.6 Å². The molecule has 92 valence electrons. The summed E-state index contributed by atoms with van der Waals surface area (Å²) in [6.07, 6.45) is -1.19. The Hall–Kier alpha value is -2.05. The van der Waals surface area contributed by atoms with Gasteiger partial charge >= 0.3 is 11.9 Å². The summed E-state index contributed by atoms with van der Waals surface area (Å²) in [5.41, 5.74) is -0.490. The number of carboxylic acid groups (broad SMARTS) is 1. The first-order valence-corrected chi connectivity index (χ1v) is 4.60. The minimum absolute atomic E-state index is 0.259. The number of aliphatic carboxylic acids is 1. The number of hydrogen-bond acceptors (Lipinski definition) is 3. The van der Waals surface area contributed by atoms with Crippen LogP contribution in [0.15, 0.2) is 18.2 Å². The number of alkyl halides is 2. The maximum absolute atomic E-state index is 13.0. The summed E-state index contributed by atoms with van der Waals surface area (Å²) in [5, 5.41) is 18.9. The molecule has 5 nitrogen and oxygen atoms in total. The van der Waals surface area contributed by atoms with Crippen molar-refractivity contribution < 1.29 is 23.6 Å². The van der Waals surface area contributed by atoms with E-state index in [2.05, 4.69) is 0 Å². The minimum Gasteiger partial charge on any atom is -0.477 e. The number of halogens is 2. The Labute approximate surface area is 94.8 Å². The number of carboxylic acids is 1. The topological polar surface area (TPSA) is 80.4 Å². The molecule has 7 heteroatoms. The molecule has 0 aromatic heterocycles. The highest BCUT2D eigenvalue weighted by molar-refractivity contribution is 5.76. The first-order valence-electron chi connectivity index (χ1n) is 4.60. The van der Waals surface area contributed by atoms with Crippen LogP contribution in [0.4, 0.5) is 14.5 Å². The summed E-state index contributed by atoms with van der Waals surface area (Å²) in [4.78, 5) is 20.1. The van der Waals surface area contributed by atoms with Crippen LogP contribution < -0.4 is 0 Å². The summed E-state index contributed by atoms with van der Waals surface area (Å²) in [5.74, 6) is -6.31. The van der Waals surface area contributed by atoms with E-state index in [-0.39, 0.29) is 11.1 Å². The number of rotatable bonds is 4. The Bertz CT molecular complexity index is 473. The zero-order valence-electron chi connectivity index (χ0n) is 8.81. The van der Waals surface area contributed by atoms with E-state index >= 15 is 0 Å². The number of carbonyl (C=O) groups is 1. The molecule has 0 aliphatic rings. The van der Waals surface area contributed by atoms with Crippen molar-refractivity contribution in [2.24, 2.45) is 0 Å². The van der Waals surface area contributed by atoms with Gasteiger partial charge in [-0.05, 0) is 12.5 Å². The smallest absolute Gasteiger partial charge is 0.374 e. The van der Waals surface area contributed by atoms with Crippen LogP contribution in [0.5, 0.6) is 0 Å². The SMILES string of the molecule is Cc1cccc([N+](=O)[O-])c1CC(F)(F)C(=O)O. The van der Waals surface area contributed by atoms with Gasteiger partial charge < -0.3 is 5.11 Å². The molecular weight excluding hydrogens is 236 g/mol. The largest absolute Gasteiger partial charge is 0.477 e. The monoisotopic (exact) mass is 245 g/mol. The van der Waals surface area contributed by atoms with E-state index in [1.807, 2.05) is 0 Å². The number of benzene rings is 1. The lowest BCUT2D eigenvalue weighted by atomic mass is 10.00. The molecule has 0 saturated carbocycles. The Morgan fingerprint density at radius 3 is 2.59 bits per heavy atom. The van der Waals surface area contributed by atoms with Crippen molar-refractivity contribution in [1.29, 1.82) is 0 Å². The van der Waals surface area contributed by atoms with Crippen LogP contribution in [-0.4, -0.2) is 21.9 Å². The van der Waals surface area contributed by atoms with Crippen LogP contribution in [0.2, 0.25) is 0 Å². The number of nitro benzene ring substituents is 1. The summed E-state index contributed by atoms with van der Waals surface area (Å²) >= 11 is 0. The second-order valence-corrected chi connectivity index (χ2v) is 3.52. The molecule has 1 rings (SSSR count). The highest BCUT2D eigenvalue weighted by atomic mass is 19.3. The third-order valence-corrected chi connectivity index (χ3v) is 2.29. The highest BCUT2D eigenvalue weighted by Crippen LogP contribution is 2.29. The molecule has 0 spiro atoms. The molecule has 0 unspecified atom stereocenters. The standard InChI is InChI=1S/C10H9F2NO4/c1-6-3-2-4-8(13(16)17)7(6)5-10(11,12)9(14)15/h2-4H,5H2,1H3,(H,14,15). The van der Waals surface area contributed by atoms with Crippen molar-refractivity contribution in [3.8, 4) is 0 Å². The van der Waals surface area contributed by atoms with Gasteiger partial charge in [0.2, 0.25) is 0 Å². The van der Waals surface area contributed by atoms with Gasteiger partial charge in [0.15, 0.2) is 0 Å². The quantitative estimate of drug-likeness (QED) is 0.651. The number of nitrogens with zero attached hydrogens (tertiary/aromatic N) is 1. The lowest BCUT2D eigenvalue weighted by Gasteiger charge is -2.12. The maximum Gasteiger partial charge on any atom is 0.374 e. The number of nitro groups is 1. The Balaban J connectivity index is 3.22. The lowest BCUT2D eigenvalue weighted by Crippen LogP contribution is -2.31. The van der Waals surface area contributed by atoms with E-state index in [4.69, 9.17) is 5.11 Å². The van der Waals surface area contributed by atoms with Crippen LogP contribution in [-0.2, 0) is 11.2 Å². The van der Waals surface area contributed by atoms with Gasteiger partial charge in [0.25, 0.3) is 5.69 Å². The summed E-state index contributed by atoms with van der Waals surface area (Å²) in [6.45, 7) is 1.42. The fourth-order valence-electron chi connectivity index (χ4n) is 1.39. The van der Waals surface area contributed by atoms with E-state index in [0.717, 1.165) is 6.07 Å². The molecule has 1 N–H and O–H groups in total. The summed E-state index contributed by atoms with van der Waals surface area (Å²) in [7, 11) is 0. The van der Waals surface area contributed by atoms with Crippen LogP contribution >= 0.6 is 0 Å². The van der Waals surface area contributed by atoms with Gasteiger partial charge in [-0.15, -0.1) is 0 Å². The first kappa shape index (κ1) is 13.0. The van der Waals surface area contributed by atoms with Crippen LogP contribution in [0, 0.1) is 17.0 Å². The van der Waals surface area contributed by atoms with Gasteiger partial charge in [0.05, 0.1) is 11.3 Å². The van der Waals surface area contributed by atoms with Crippen molar-refractivity contribution in [2.75, 3.05) is 0 Å². The molecule has 17 heavy (non-hydrogen) atoms.